The van der Waals surface area contributed by atoms with Gasteiger partial charge in [0, 0.05) is 19.1 Å². The van der Waals surface area contributed by atoms with E-state index >= 15 is 0 Å². The molecule has 2 aliphatic rings. The molecule has 2 atom stereocenters. The van der Waals surface area contributed by atoms with Gasteiger partial charge in [0.1, 0.15) is 0 Å². The third-order valence-electron chi connectivity index (χ3n) is 3.57. The second kappa shape index (κ2) is 4.94. The van der Waals surface area contributed by atoms with Gasteiger partial charge >= 0.3 is 0 Å². The molecule has 4 heteroatoms. The van der Waals surface area contributed by atoms with E-state index in [1.54, 1.807) is 0 Å². The summed E-state index contributed by atoms with van der Waals surface area (Å²) in [5.41, 5.74) is 5.31. The molecule has 0 saturated carbocycles. The van der Waals surface area contributed by atoms with Crippen LogP contribution in [0.4, 0.5) is 0 Å². The van der Waals surface area contributed by atoms with Gasteiger partial charge in [-0.2, -0.15) is 0 Å². The number of hydrogen-bond donors (Lipinski definition) is 2. The van der Waals surface area contributed by atoms with Crippen molar-refractivity contribution in [3.63, 3.8) is 0 Å². The van der Waals surface area contributed by atoms with Crippen molar-refractivity contribution in [1.29, 1.82) is 0 Å². The molecule has 1 amide bonds. The van der Waals surface area contributed by atoms with Crippen molar-refractivity contribution in [3.05, 3.63) is 0 Å². The van der Waals surface area contributed by atoms with Crippen LogP contribution in [0.1, 0.15) is 25.7 Å². The third kappa shape index (κ3) is 2.92. The average Bonchev–Trinajstić information content (AvgIpc) is 2.68. The van der Waals surface area contributed by atoms with Crippen molar-refractivity contribution >= 4 is 5.91 Å². The predicted octanol–water partition coefficient (Wildman–Crippen LogP) is -0.0643. The SMILES string of the molecule is NC(=O)C1CCN(CC2CCCCN2)C1. The monoisotopic (exact) mass is 211 g/mol. The van der Waals surface area contributed by atoms with Crippen LogP contribution in [0.2, 0.25) is 0 Å². The molecule has 0 aromatic heterocycles. The Hall–Kier alpha value is -0.610. The van der Waals surface area contributed by atoms with E-state index in [0.29, 0.717) is 6.04 Å². The Morgan fingerprint density at radius 3 is 2.87 bits per heavy atom. The van der Waals surface area contributed by atoms with Crippen LogP contribution in [0.5, 0.6) is 0 Å². The fourth-order valence-corrected chi connectivity index (χ4v) is 2.62. The number of amides is 1. The van der Waals surface area contributed by atoms with Crippen LogP contribution < -0.4 is 11.1 Å². The highest BCUT2D eigenvalue weighted by Crippen LogP contribution is 2.17. The van der Waals surface area contributed by atoms with Crippen molar-refractivity contribution in [2.24, 2.45) is 11.7 Å². The number of nitrogens with zero attached hydrogens (tertiary/aromatic N) is 1. The highest BCUT2D eigenvalue weighted by Gasteiger charge is 2.28. The van der Waals surface area contributed by atoms with Crippen molar-refractivity contribution < 1.29 is 4.79 Å². The molecule has 2 fully saturated rings. The van der Waals surface area contributed by atoms with E-state index in [9.17, 15) is 4.79 Å². The molecule has 3 N–H and O–H groups in total. The number of rotatable bonds is 3. The van der Waals surface area contributed by atoms with Gasteiger partial charge in [-0.15, -0.1) is 0 Å². The lowest BCUT2D eigenvalue weighted by Gasteiger charge is -2.27. The van der Waals surface area contributed by atoms with Gasteiger partial charge in [0.2, 0.25) is 5.91 Å². The van der Waals surface area contributed by atoms with Crippen LogP contribution in [-0.2, 0) is 4.79 Å². The fourth-order valence-electron chi connectivity index (χ4n) is 2.62. The fraction of sp³-hybridized carbons (Fsp3) is 0.909. The summed E-state index contributed by atoms with van der Waals surface area (Å²) in [4.78, 5) is 13.4. The number of piperidine rings is 1. The first kappa shape index (κ1) is 10.9. The Morgan fingerprint density at radius 1 is 1.40 bits per heavy atom. The minimum absolute atomic E-state index is 0.0913. The van der Waals surface area contributed by atoms with Gasteiger partial charge in [0.15, 0.2) is 0 Å². The zero-order chi connectivity index (χ0) is 10.7. The zero-order valence-corrected chi connectivity index (χ0v) is 9.24. The van der Waals surface area contributed by atoms with Gasteiger partial charge in [-0.25, -0.2) is 0 Å². The maximum absolute atomic E-state index is 11.0. The summed E-state index contributed by atoms with van der Waals surface area (Å²) in [6, 6.07) is 0.630. The highest BCUT2D eigenvalue weighted by molar-refractivity contribution is 5.77. The Morgan fingerprint density at radius 2 is 2.27 bits per heavy atom. The molecule has 0 radical (unpaired) electrons. The van der Waals surface area contributed by atoms with E-state index in [1.165, 1.54) is 19.3 Å². The molecule has 0 spiro atoms. The molecule has 2 aliphatic heterocycles. The summed E-state index contributed by atoms with van der Waals surface area (Å²) < 4.78 is 0. The summed E-state index contributed by atoms with van der Waals surface area (Å²) in [5, 5.41) is 3.53. The van der Waals surface area contributed by atoms with Crippen LogP contribution in [0, 0.1) is 5.92 Å². The van der Waals surface area contributed by atoms with Crippen molar-refractivity contribution in [2.75, 3.05) is 26.2 Å². The Kier molecular flexibility index (Phi) is 3.59. The quantitative estimate of drug-likeness (QED) is 0.687. The minimum atomic E-state index is -0.130. The second-order valence-electron chi connectivity index (χ2n) is 4.79. The van der Waals surface area contributed by atoms with Crippen LogP contribution in [0.15, 0.2) is 0 Å². The van der Waals surface area contributed by atoms with Gasteiger partial charge in [0.25, 0.3) is 0 Å². The standard InChI is InChI=1S/C11H21N3O/c12-11(15)9-4-6-14(7-9)8-10-3-1-2-5-13-10/h9-10,13H,1-8H2,(H2,12,15). The topological polar surface area (TPSA) is 58.4 Å². The summed E-state index contributed by atoms with van der Waals surface area (Å²) in [6.45, 7) is 4.14. The largest absolute Gasteiger partial charge is 0.369 e. The maximum atomic E-state index is 11.0. The molecule has 2 unspecified atom stereocenters. The number of nitrogens with one attached hydrogen (secondary N) is 1. The van der Waals surface area contributed by atoms with Gasteiger partial charge in [-0.3, -0.25) is 4.79 Å². The van der Waals surface area contributed by atoms with Gasteiger partial charge in [-0.05, 0) is 32.4 Å². The Balaban J connectivity index is 1.74. The van der Waals surface area contributed by atoms with Crippen molar-refractivity contribution in [1.82, 2.24) is 10.2 Å². The van der Waals surface area contributed by atoms with Gasteiger partial charge < -0.3 is 16.0 Å². The second-order valence-corrected chi connectivity index (χ2v) is 4.79. The number of likely N-dealkylation sites (tertiary alicyclic amines) is 1. The third-order valence-corrected chi connectivity index (χ3v) is 3.57. The normalized spacial score (nSPS) is 33.1. The van der Waals surface area contributed by atoms with Crippen LogP contribution in [0.3, 0.4) is 0 Å². The maximum Gasteiger partial charge on any atom is 0.221 e. The molecular weight excluding hydrogens is 190 g/mol. The van der Waals surface area contributed by atoms with Gasteiger partial charge in [-0.1, -0.05) is 6.42 Å². The van der Waals surface area contributed by atoms with E-state index in [0.717, 1.165) is 32.6 Å². The Bertz CT molecular complexity index is 226. The molecule has 0 bridgehead atoms. The lowest BCUT2D eigenvalue weighted by Crippen LogP contribution is -2.43. The van der Waals surface area contributed by atoms with E-state index in [4.69, 9.17) is 5.73 Å². The number of carbonyl (C=O) groups is 1. The van der Waals surface area contributed by atoms with Crippen LogP contribution in [-0.4, -0.2) is 43.0 Å². The first-order chi connectivity index (χ1) is 7.25. The smallest absolute Gasteiger partial charge is 0.221 e. The average molecular weight is 211 g/mol. The number of primary amides is 1. The summed E-state index contributed by atoms with van der Waals surface area (Å²) in [5.74, 6) is -0.0392. The lowest BCUT2D eigenvalue weighted by atomic mass is 10.0. The summed E-state index contributed by atoms with van der Waals surface area (Å²) in [6.07, 6.45) is 4.87. The minimum Gasteiger partial charge on any atom is -0.369 e. The molecule has 4 nitrogen and oxygen atoms in total. The van der Waals surface area contributed by atoms with Gasteiger partial charge in [0.05, 0.1) is 5.92 Å². The lowest BCUT2D eigenvalue weighted by molar-refractivity contribution is -0.121. The highest BCUT2D eigenvalue weighted by atomic mass is 16.1. The molecular formula is C11H21N3O. The van der Waals surface area contributed by atoms with E-state index < -0.39 is 0 Å². The Labute approximate surface area is 91.2 Å². The molecule has 0 aromatic carbocycles. The summed E-state index contributed by atoms with van der Waals surface area (Å²) >= 11 is 0. The molecule has 0 aliphatic carbocycles. The van der Waals surface area contributed by atoms with Crippen molar-refractivity contribution in [2.45, 2.75) is 31.7 Å². The number of hydrogen-bond acceptors (Lipinski definition) is 3. The molecule has 2 saturated heterocycles. The first-order valence-electron chi connectivity index (χ1n) is 6.01. The zero-order valence-electron chi connectivity index (χ0n) is 9.24. The summed E-state index contributed by atoms with van der Waals surface area (Å²) in [7, 11) is 0. The van der Waals surface area contributed by atoms with Crippen LogP contribution in [0.25, 0.3) is 0 Å². The predicted molar refractivity (Wildman–Crippen MR) is 59.4 cm³/mol. The number of nitrogens with two attached hydrogens (primary N) is 1. The first-order valence-corrected chi connectivity index (χ1v) is 6.01. The van der Waals surface area contributed by atoms with E-state index in [1.807, 2.05) is 0 Å². The van der Waals surface area contributed by atoms with E-state index in [2.05, 4.69) is 10.2 Å². The molecule has 2 heterocycles. The molecule has 86 valence electrons. The molecule has 0 aromatic rings. The van der Waals surface area contributed by atoms with Crippen LogP contribution >= 0.6 is 0 Å². The van der Waals surface area contributed by atoms with E-state index in [-0.39, 0.29) is 11.8 Å². The molecule has 2 rings (SSSR count). The number of carbonyl (C=O) groups excluding carboxylic acids is 1. The molecule has 15 heavy (non-hydrogen) atoms. The van der Waals surface area contributed by atoms with Crippen molar-refractivity contribution in [3.8, 4) is 0 Å².